The highest BCUT2D eigenvalue weighted by Gasteiger charge is 2.47. The number of aliphatic hydroxyl groups is 1. The number of rotatable bonds is 7. The smallest absolute Gasteiger partial charge is 0.136 e. The van der Waals surface area contributed by atoms with Crippen LogP contribution in [0.3, 0.4) is 0 Å². The standard InChI is InChI=1S/C19H34O3/c1-5-19(21,6-2)11-12-22-14(4)15-8-9-16-17(20)10-7-13(3)18(15)16/h13-16,18,21H,5-12H2,1-4H3/t13-,14?,15?,16?,18?/m0/s1. The summed E-state index contributed by atoms with van der Waals surface area (Å²) in [5.74, 6) is 2.46. The van der Waals surface area contributed by atoms with Gasteiger partial charge in [0.1, 0.15) is 5.78 Å². The number of fused-ring (bicyclic) bond motifs is 1. The molecule has 3 nitrogen and oxygen atoms in total. The number of hydrogen-bond donors (Lipinski definition) is 1. The molecule has 1 N–H and O–H groups in total. The van der Waals surface area contributed by atoms with E-state index in [4.69, 9.17) is 4.74 Å². The average Bonchev–Trinajstić information content (AvgIpc) is 2.97. The topological polar surface area (TPSA) is 46.5 Å². The van der Waals surface area contributed by atoms with Gasteiger partial charge in [-0.3, -0.25) is 4.79 Å². The number of carbonyl (C=O) groups is 1. The predicted molar refractivity (Wildman–Crippen MR) is 88.7 cm³/mol. The van der Waals surface area contributed by atoms with Gasteiger partial charge in [-0.15, -0.1) is 0 Å². The summed E-state index contributed by atoms with van der Waals surface area (Å²) in [5, 5.41) is 10.3. The van der Waals surface area contributed by atoms with Crippen molar-refractivity contribution in [2.24, 2.45) is 23.7 Å². The van der Waals surface area contributed by atoms with Gasteiger partial charge in [-0.1, -0.05) is 20.8 Å². The zero-order valence-corrected chi connectivity index (χ0v) is 14.8. The first-order valence-corrected chi connectivity index (χ1v) is 9.28. The van der Waals surface area contributed by atoms with Gasteiger partial charge in [-0.25, -0.2) is 0 Å². The van der Waals surface area contributed by atoms with Crippen molar-refractivity contribution in [1.82, 2.24) is 0 Å². The molecule has 0 spiro atoms. The van der Waals surface area contributed by atoms with Crippen molar-refractivity contribution in [3.8, 4) is 0 Å². The Kier molecular flexibility index (Phi) is 6.07. The summed E-state index contributed by atoms with van der Waals surface area (Å²) < 4.78 is 6.09. The Bertz CT molecular complexity index is 375. The quantitative estimate of drug-likeness (QED) is 0.774. The van der Waals surface area contributed by atoms with Crippen molar-refractivity contribution < 1.29 is 14.6 Å². The molecule has 2 rings (SSSR count). The van der Waals surface area contributed by atoms with Crippen LogP contribution in [0.4, 0.5) is 0 Å². The monoisotopic (exact) mass is 310 g/mol. The number of hydrogen-bond acceptors (Lipinski definition) is 3. The first kappa shape index (κ1) is 17.9. The van der Waals surface area contributed by atoms with Crippen molar-refractivity contribution >= 4 is 5.78 Å². The Morgan fingerprint density at radius 1 is 1.27 bits per heavy atom. The lowest BCUT2D eigenvalue weighted by molar-refractivity contribution is -0.128. The van der Waals surface area contributed by atoms with Crippen LogP contribution in [-0.2, 0) is 9.53 Å². The third kappa shape index (κ3) is 3.73. The van der Waals surface area contributed by atoms with Gasteiger partial charge >= 0.3 is 0 Å². The van der Waals surface area contributed by atoms with Crippen LogP contribution in [0.5, 0.6) is 0 Å². The van der Waals surface area contributed by atoms with E-state index in [1.807, 2.05) is 13.8 Å². The summed E-state index contributed by atoms with van der Waals surface area (Å²) in [6.07, 6.45) is 6.47. The molecule has 5 atom stereocenters. The van der Waals surface area contributed by atoms with Gasteiger partial charge in [-0.2, -0.15) is 0 Å². The van der Waals surface area contributed by atoms with Crippen molar-refractivity contribution in [3.63, 3.8) is 0 Å². The third-order valence-corrected chi connectivity index (χ3v) is 6.55. The number of ether oxygens (including phenoxy) is 1. The second-order valence-corrected chi connectivity index (χ2v) is 7.66. The highest BCUT2D eigenvalue weighted by Crippen LogP contribution is 2.48. The van der Waals surface area contributed by atoms with E-state index >= 15 is 0 Å². The molecule has 0 aromatic heterocycles. The summed E-state index contributed by atoms with van der Waals surface area (Å²) in [5.41, 5.74) is -0.577. The van der Waals surface area contributed by atoms with E-state index in [-0.39, 0.29) is 6.10 Å². The molecule has 22 heavy (non-hydrogen) atoms. The van der Waals surface area contributed by atoms with Crippen molar-refractivity contribution in [3.05, 3.63) is 0 Å². The molecule has 3 heteroatoms. The second-order valence-electron chi connectivity index (χ2n) is 7.66. The van der Waals surface area contributed by atoms with Crippen LogP contribution >= 0.6 is 0 Å². The number of ketones is 1. The summed E-state index contributed by atoms with van der Waals surface area (Å²) in [6, 6.07) is 0. The molecule has 2 aliphatic rings. The van der Waals surface area contributed by atoms with E-state index in [9.17, 15) is 9.90 Å². The van der Waals surface area contributed by atoms with Gasteiger partial charge < -0.3 is 9.84 Å². The zero-order chi connectivity index (χ0) is 16.3. The molecule has 2 saturated carbocycles. The average molecular weight is 310 g/mol. The summed E-state index contributed by atoms with van der Waals surface area (Å²) in [6.45, 7) is 9.15. The van der Waals surface area contributed by atoms with E-state index in [0.29, 0.717) is 42.5 Å². The normalized spacial score (nSPS) is 33.8. The molecule has 128 valence electrons. The van der Waals surface area contributed by atoms with Crippen molar-refractivity contribution in [1.29, 1.82) is 0 Å². The first-order valence-electron chi connectivity index (χ1n) is 9.28. The molecule has 0 bridgehead atoms. The lowest BCUT2D eigenvalue weighted by Gasteiger charge is -2.36. The fourth-order valence-corrected chi connectivity index (χ4v) is 4.71. The van der Waals surface area contributed by atoms with Gasteiger partial charge in [0.25, 0.3) is 0 Å². The molecule has 0 aromatic rings. The summed E-state index contributed by atoms with van der Waals surface area (Å²) in [7, 11) is 0. The molecule has 0 saturated heterocycles. The molecular weight excluding hydrogens is 276 g/mol. The Balaban J connectivity index is 1.87. The maximum Gasteiger partial charge on any atom is 0.136 e. The van der Waals surface area contributed by atoms with Crippen molar-refractivity contribution in [2.75, 3.05) is 6.61 Å². The van der Waals surface area contributed by atoms with Crippen LogP contribution in [0.1, 0.15) is 72.6 Å². The Labute approximate surface area is 135 Å². The van der Waals surface area contributed by atoms with Crippen molar-refractivity contribution in [2.45, 2.75) is 84.3 Å². The SMILES string of the molecule is CCC(O)(CC)CCOC(C)C1CCC2C(=O)CC[C@H](C)C21. The Hall–Kier alpha value is -0.410. The molecule has 0 radical (unpaired) electrons. The lowest BCUT2D eigenvalue weighted by atomic mass is 9.70. The third-order valence-electron chi connectivity index (χ3n) is 6.55. The van der Waals surface area contributed by atoms with E-state index in [0.717, 1.165) is 38.5 Å². The molecular formula is C19H34O3. The van der Waals surface area contributed by atoms with Gasteiger partial charge in [0.2, 0.25) is 0 Å². The lowest BCUT2D eigenvalue weighted by Crippen LogP contribution is -2.37. The second kappa shape index (κ2) is 7.44. The van der Waals surface area contributed by atoms with Crippen LogP contribution in [-0.4, -0.2) is 29.2 Å². The number of Topliss-reactive ketones (excluding diaryl/α,β-unsaturated/α-hetero) is 1. The molecule has 2 aliphatic carbocycles. The predicted octanol–water partition coefficient (Wildman–Crippen LogP) is 3.97. The molecule has 0 heterocycles. The molecule has 0 aromatic carbocycles. The fourth-order valence-electron chi connectivity index (χ4n) is 4.71. The molecule has 0 amide bonds. The minimum atomic E-state index is -0.577. The summed E-state index contributed by atoms with van der Waals surface area (Å²) >= 11 is 0. The van der Waals surface area contributed by atoms with Crippen LogP contribution < -0.4 is 0 Å². The van der Waals surface area contributed by atoms with E-state index in [1.165, 1.54) is 0 Å². The fraction of sp³-hybridized carbons (Fsp3) is 0.947. The van der Waals surface area contributed by atoms with E-state index < -0.39 is 5.60 Å². The van der Waals surface area contributed by atoms with Crippen LogP contribution in [0.2, 0.25) is 0 Å². The zero-order valence-electron chi connectivity index (χ0n) is 14.8. The van der Waals surface area contributed by atoms with E-state index in [1.54, 1.807) is 0 Å². The highest BCUT2D eigenvalue weighted by atomic mass is 16.5. The maximum atomic E-state index is 12.1. The van der Waals surface area contributed by atoms with Crippen LogP contribution in [0.25, 0.3) is 0 Å². The largest absolute Gasteiger partial charge is 0.390 e. The Morgan fingerprint density at radius 3 is 2.59 bits per heavy atom. The van der Waals surface area contributed by atoms with Gasteiger partial charge in [0.15, 0.2) is 0 Å². The minimum absolute atomic E-state index is 0.196. The highest BCUT2D eigenvalue weighted by molar-refractivity contribution is 5.82. The van der Waals surface area contributed by atoms with Gasteiger partial charge in [0, 0.05) is 18.9 Å². The van der Waals surface area contributed by atoms with Crippen LogP contribution in [0.15, 0.2) is 0 Å². The van der Waals surface area contributed by atoms with E-state index in [2.05, 4.69) is 13.8 Å². The molecule has 4 unspecified atom stereocenters. The molecule has 2 fully saturated rings. The first-order chi connectivity index (χ1) is 10.4. The minimum Gasteiger partial charge on any atom is -0.390 e. The van der Waals surface area contributed by atoms with Gasteiger partial charge in [0.05, 0.1) is 11.7 Å². The maximum absolute atomic E-state index is 12.1. The molecule has 0 aliphatic heterocycles. The summed E-state index contributed by atoms with van der Waals surface area (Å²) in [4.78, 5) is 12.1. The van der Waals surface area contributed by atoms with Gasteiger partial charge in [-0.05, 0) is 63.2 Å². The number of carbonyl (C=O) groups excluding carboxylic acids is 1. The van der Waals surface area contributed by atoms with Crippen LogP contribution in [0, 0.1) is 23.7 Å². The Morgan fingerprint density at radius 2 is 1.95 bits per heavy atom.